The van der Waals surface area contributed by atoms with Crippen LogP contribution in [0.5, 0.6) is 11.5 Å². The van der Waals surface area contributed by atoms with Gasteiger partial charge in [0.25, 0.3) is 0 Å². The Hall–Kier alpha value is -2.17. The van der Waals surface area contributed by atoms with Gasteiger partial charge in [-0.15, -0.1) is 6.58 Å². The molecule has 114 valence electrons. The lowest BCUT2D eigenvalue weighted by atomic mass is 10.1. The van der Waals surface area contributed by atoms with Crippen LogP contribution >= 0.6 is 0 Å². The molecule has 1 aromatic carbocycles. The number of nitrogens with two attached hydrogens (primary N) is 1. The Morgan fingerprint density at radius 3 is 3.14 bits per heavy atom. The number of rotatable bonds is 6. The minimum Gasteiger partial charge on any atom is -0.494 e. The van der Waals surface area contributed by atoms with Crippen molar-refractivity contribution in [3.05, 3.63) is 35.9 Å². The second-order valence-corrected chi connectivity index (χ2v) is 5.00. The number of ether oxygens (including phenoxy) is 2. The first-order valence-corrected chi connectivity index (χ1v) is 7.24. The predicted octanol–water partition coefficient (Wildman–Crippen LogP) is 2.00. The minimum absolute atomic E-state index is 0.215. The van der Waals surface area contributed by atoms with Crippen LogP contribution in [-0.2, 0) is 13.0 Å². The van der Waals surface area contributed by atoms with E-state index < -0.39 is 0 Å². The summed E-state index contributed by atoms with van der Waals surface area (Å²) in [4.78, 5) is 4.32. The number of hydrogen-bond acceptors (Lipinski definition) is 3. The van der Waals surface area contributed by atoms with Crippen molar-refractivity contribution in [3.8, 4) is 11.5 Å². The fraction of sp³-hybridized carbons (Fsp3) is 0.438. The molecule has 0 radical (unpaired) electrons. The van der Waals surface area contributed by atoms with E-state index in [-0.39, 0.29) is 6.10 Å². The molecule has 2 rings (SSSR count). The van der Waals surface area contributed by atoms with Gasteiger partial charge in [-0.25, -0.2) is 4.99 Å². The molecular weight excluding hydrogens is 266 g/mol. The average Bonchev–Trinajstić information content (AvgIpc) is 2.82. The molecule has 1 heterocycles. The summed E-state index contributed by atoms with van der Waals surface area (Å²) in [6, 6.07) is 4.06. The van der Waals surface area contributed by atoms with Gasteiger partial charge in [0, 0.05) is 24.1 Å². The molecule has 5 heteroatoms. The Kier molecular flexibility index (Phi) is 5.09. The van der Waals surface area contributed by atoms with Crippen LogP contribution in [0.3, 0.4) is 0 Å². The molecule has 1 atom stereocenters. The SMILES string of the molecule is C=CCNC(N)=NCc1cc2c(cc1OCC)CC(C)O2. The largest absolute Gasteiger partial charge is 0.494 e. The lowest BCUT2D eigenvalue weighted by molar-refractivity contribution is 0.254. The standard InChI is InChI=1S/C16H23N3O2/c1-4-6-18-16(17)19-10-13-9-15-12(7-11(3)21-15)8-14(13)20-5-2/h4,8-9,11H,1,5-7,10H2,2-3H3,(H3,17,18,19). The molecule has 0 aliphatic carbocycles. The van der Waals surface area contributed by atoms with Crippen LogP contribution in [0.1, 0.15) is 25.0 Å². The summed E-state index contributed by atoms with van der Waals surface area (Å²) >= 11 is 0. The van der Waals surface area contributed by atoms with Crippen molar-refractivity contribution >= 4 is 5.96 Å². The van der Waals surface area contributed by atoms with E-state index in [0.29, 0.717) is 25.7 Å². The molecule has 0 bridgehead atoms. The Bertz CT molecular complexity index is 541. The number of nitrogens with zero attached hydrogens (tertiary/aromatic N) is 1. The second-order valence-electron chi connectivity index (χ2n) is 5.00. The van der Waals surface area contributed by atoms with E-state index in [1.807, 2.05) is 13.0 Å². The van der Waals surface area contributed by atoms with Gasteiger partial charge in [0.05, 0.1) is 13.2 Å². The fourth-order valence-electron chi connectivity index (χ4n) is 2.30. The van der Waals surface area contributed by atoms with Gasteiger partial charge in [0.15, 0.2) is 5.96 Å². The number of fused-ring (bicyclic) bond motifs is 1. The summed E-state index contributed by atoms with van der Waals surface area (Å²) in [5.41, 5.74) is 7.96. The second kappa shape index (κ2) is 7.02. The smallest absolute Gasteiger partial charge is 0.189 e. The molecule has 5 nitrogen and oxygen atoms in total. The van der Waals surface area contributed by atoms with Crippen molar-refractivity contribution in [3.63, 3.8) is 0 Å². The van der Waals surface area contributed by atoms with Crippen molar-refractivity contribution in [2.75, 3.05) is 13.2 Å². The summed E-state index contributed by atoms with van der Waals surface area (Å²) in [6.07, 6.45) is 2.87. The van der Waals surface area contributed by atoms with Crippen LogP contribution in [0.25, 0.3) is 0 Å². The Labute approximate surface area is 125 Å². The summed E-state index contributed by atoms with van der Waals surface area (Å²) in [6.45, 7) is 9.33. The summed E-state index contributed by atoms with van der Waals surface area (Å²) in [5.74, 6) is 2.18. The molecule has 3 N–H and O–H groups in total. The predicted molar refractivity (Wildman–Crippen MR) is 84.9 cm³/mol. The van der Waals surface area contributed by atoms with Crippen LogP contribution in [0, 0.1) is 0 Å². The zero-order valence-corrected chi connectivity index (χ0v) is 12.7. The topological polar surface area (TPSA) is 68.9 Å². The summed E-state index contributed by atoms with van der Waals surface area (Å²) in [7, 11) is 0. The molecule has 0 saturated carbocycles. The number of nitrogens with one attached hydrogen (secondary N) is 1. The third kappa shape index (κ3) is 3.90. The van der Waals surface area contributed by atoms with Gasteiger partial charge in [-0.1, -0.05) is 6.08 Å². The molecule has 0 saturated heterocycles. The van der Waals surface area contributed by atoms with Crippen molar-refractivity contribution in [1.82, 2.24) is 5.32 Å². The van der Waals surface area contributed by atoms with Gasteiger partial charge in [-0.3, -0.25) is 0 Å². The number of guanidine groups is 1. The molecule has 0 aromatic heterocycles. The van der Waals surface area contributed by atoms with Crippen molar-refractivity contribution in [2.24, 2.45) is 10.7 Å². The first kappa shape index (κ1) is 15.2. The molecule has 0 amide bonds. The van der Waals surface area contributed by atoms with E-state index in [9.17, 15) is 0 Å². The van der Waals surface area contributed by atoms with Gasteiger partial charge in [0.1, 0.15) is 17.6 Å². The van der Waals surface area contributed by atoms with Crippen LogP contribution in [0.15, 0.2) is 29.8 Å². The molecule has 1 aliphatic rings. The Morgan fingerprint density at radius 1 is 1.62 bits per heavy atom. The highest BCUT2D eigenvalue weighted by atomic mass is 16.5. The highest BCUT2D eigenvalue weighted by molar-refractivity contribution is 5.78. The highest BCUT2D eigenvalue weighted by Gasteiger charge is 2.21. The lowest BCUT2D eigenvalue weighted by Gasteiger charge is -2.11. The van der Waals surface area contributed by atoms with E-state index in [1.165, 1.54) is 5.56 Å². The van der Waals surface area contributed by atoms with Crippen molar-refractivity contribution in [1.29, 1.82) is 0 Å². The maximum absolute atomic E-state index is 5.79. The van der Waals surface area contributed by atoms with Crippen LogP contribution < -0.4 is 20.5 Å². The van der Waals surface area contributed by atoms with Gasteiger partial charge in [-0.05, 0) is 26.0 Å². The molecule has 0 spiro atoms. The van der Waals surface area contributed by atoms with Crippen molar-refractivity contribution < 1.29 is 9.47 Å². The molecule has 1 unspecified atom stereocenters. The summed E-state index contributed by atoms with van der Waals surface area (Å²) < 4.78 is 11.5. The zero-order chi connectivity index (χ0) is 15.2. The van der Waals surface area contributed by atoms with Gasteiger partial charge < -0.3 is 20.5 Å². The monoisotopic (exact) mass is 289 g/mol. The van der Waals surface area contributed by atoms with Gasteiger partial charge in [-0.2, -0.15) is 0 Å². The maximum atomic E-state index is 5.79. The number of benzene rings is 1. The Balaban J connectivity index is 2.17. The van der Waals surface area contributed by atoms with Crippen LogP contribution in [0.2, 0.25) is 0 Å². The third-order valence-electron chi connectivity index (χ3n) is 3.23. The molecule has 1 aliphatic heterocycles. The van der Waals surface area contributed by atoms with Crippen LogP contribution in [0.4, 0.5) is 0 Å². The molecule has 1 aromatic rings. The number of aliphatic imine (C=N–C) groups is 1. The van der Waals surface area contributed by atoms with Gasteiger partial charge >= 0.3 is 0 Å². The quantitative estimate of drug-likeness (QED) is 0.477. The molecule has 0 fully saturated rings. The summed E-state index contributed by atoms with van der Waals surface area (Å²) in [5, 5.41) is 2.95. The van der Waals surface area contributed by atoms with Crippen LogP contribution in [-0.4, -0.2) is 25.2 Å². The van der Waals surface area contributed by atoms with E-state index in [1.54, 1.807) is 6.08 Å². The highest BCUT2D eigenvalue weighted by Crippen LogP contribution is 2.35. The van der Waals surface area contributed by atoms with Crippen molar-refractivity contribution in [2.45, 2.75) is 32.9 Å². The molecular formula is C16H23N3O2. The van der Waals surface area contributed by atoms with Gasteiger partial charge in [0.2, 0.25) is 0 Å². The molecule has 21 heavy (non-hydrogen) atoms. The first-order valence-electron chi connectivity index (χ1n) is 7.24. The lowest BCUT2D eigenvalue weighted by Crippen LogP contribution is -2.31. The normalized spacial score (nSPS) is 17.0. The van der Waals surface area contributed by atoms with E-state index in [2.05, 4.69) is 29.9 Å². The first-order chi connectivity index (χ1) is 10.1. The van der Waals surface area contributed by atoms with E-state index in [4.69, 9.17) is 15.2 Å². The zero-order valence-electron chi connectivity index (χ0n) is 12.7. The van der Waals surface area contributed by atoms with E-state index >= 15 is 0 Å². The average molecular weight is 289 g/mol. The van der Waals surface area contributed by atoms with E-state index in [0.717, 1.165) is 23.5 Å². The minimum atomic E-state index is 0.215. The maximum Gasteiger partial charge on any atom is 0.189 e. The fourth-order valence-corrected chi connectivity index (χ4v) is 2.30. The third-order valence-corrected chi connectivity index (χ3v) is 3.23. The number of hydrogen-bond donors (Lipinski definition) is 2. The Morgan fingerprint density at radius 2 is 2.43 bits per heavy atom.